The molecule has 2 aliphatic rings. The molecule has 0 fully saturated rings. The van der Waals surface area contributed by atoms with E-state index in [0.717, 1.165) is 76.3 Å². The van der Waals surface area contributed by atoms with Crippen LogP contribution in [0.4, 0.5) is 9.59 Å². The van der Waals surface area contributed by atoms with Gasteiger partial charge in [0.15, 0.2) is 0 Å². The van der Waals surface area contributed by atoms with Gasteiger partial charge in [0.05, 0.1) is 43.5 Å². The molecule has 0 saturated heterocycles. The molecule has 0 radical (unpaired) electrons. The van der Waals surface area contributed by atoms with Crippen LogP contribution in [0.25, 0.3) is 33.6 Å². The van der Waals surface area contributed by atoms with E-state index in [1.165, 1.54) is 19.7 Å². The van der Waals surface area contributed by atoms with E-state index in [4.69, 9.17) is 9.72 Å². The van der Waals surface area contributed by atoms with Gasteiger partial charge in [-0.2, -0.15) is 0 Å². The van der Waals surface area contributed by atoms with Crippen molar-refractivity contribution in [3.05, 3.63) is 101 Å². The number of imidazole rings is 2. The number of aromatic amines is 2. The average Bonchev–Trinajstić information content (AvgIpc) is 3.92. The van der Waals surface area contributed by atoms with E-state index in [1.54, 1.807) is 16.0 Å². The Labute approximate surface area is 343 Å². The van der Waals surface area contributed by atoms with Gasteiger partial charge < -0.3 is 45.2 Å². The van der Waals surface area contributed by atoms with E-state index < -0.39 is 18.2 Å². The smallest absolute Gasteiger partial charge is 0.407 e. The predicted molar refractivity (Wildman–Crippen MR) is 222 cm³/mol. The number of urea groups is 1. The van der Waals surface area contributed by atoms with E-state index in [0.29, 0.717) is 30.4 Å². The molecule has 1 aliphatic carbocycles. The number of aromatic nitrogens is 4. The molecule has 308 valence electrons. The summed E-state index contributed by atoms with van der Waals surface area (Å²) in [6, 6.07) is 18.5. The first-order chi connectivity index (χ1) is 28.6. The van der Waals surface area contributed by atoms with Crippen molar-refractivity contribution in [2.75, 3.05) is 27.2 Å². The summed E-state index contributed by atoms with van der Waals surface area (Å²) in [5.74, 6) is 1.68. The number of amides is 5. The predicted octanol–water partition coefficient (Wildman–Crippen LogP) is 6.02. The molecule has 15 heteroatoms. The Hall–Kier alpha value is -6.64. The highest BCUT2D eigenvalue weighted by Crippen LogP contribution is 2.44. The van der Waals surface area contributed by atoms with Crippen molar-refractivity contribution in [3.8, 4) is 39.4 Å². The number of H-pyrrole nitrogens is 2. The monoisotopic (exact) mass is 801 g/mol. The molecule has 1 aliphatic heterocycles. The van der Waals surface area contributed by atoms with E-state index in [1.807, 2.05) is 51.1 Å². The molecule has 5 amide bonds. The van der Waals surface area contributed by atoms with E-state index in [-0.39, 0.29) is 37.5 Å². The van der Waals surface area contributed by atoms with Crippen LogP contribution in [0.2, 0.25) is 0 Å². The van der Waals surface area contributed by atoms with Crippen molar-refractivity contribution < 1.29 is 28.7 Å². The highest BCUT2D eigenvalue weighted by atomic mass is 16.5. The maximum absolute atomic E-state index is 14.0. The zero-order chi connectivity index (χ0) is 41.6. The summed E-state index contributed by atoms with van der Waals surface area (Å²) in [4.78, 5) is 70.9. The number of methoxy groups -OCH3 is 1. The van der Waals surface area contributed by atoms with E-state index >= 15 is 0 Å². The zero-order valence-corrected chi connectivity index (χ0v) is 34.1. The lowest BCUT2D eigenvalue weighted by molar-refractivity contribution is -0.134. The van der Waals surface area contributed by atoms with Crippen molar-refractivity contribution in [1.29, 1.82) is 0 Å². The number of ether oxygens (including phenoxy) is 2. The molecule has 7 rings (SSSR count). The first kappa shape index (κ1) is 40.6. The molecule has 5 aromatic rings. The highest BCUT2D eigenvalue weighted by Gasteiger charge is 2.30. The second-order valence-electron chi connectivity index (χ2n) is 14.9. The van der Waals surface area contributed by atoms with Crippen LogP contribution in [0.5, 0.6) is 5.75 Å². The number of carbonyl (C=O) groups is 4. The van der Waals surface area contributed by atoms with Gasteiger partial charge in [-0.1, -0.05) is 56.3 Å². The van der Waals surface area contributed by atoms with E-state index in [2.05, 4.69) is 66.0 Å². The Morgan fingerprint density at radius 3 is 2.49 bits per heavy atom. The lowest BCUT2D eigenvalue weighted by atomic mass is 9.86. The van der Waals surface area contributed by atoms with Crippen molar-refractivity contribution in [2.24, 2.45) is 0 Å². The Morgan fingerprint density at radius 2 is 1.75 bits per heavy atom. The second kappa shape index (κ2) is 17.9. The van der Waals surface area contributed by atoms with Crippen molar-refractivity contribution in [1.82, 2.24) is 45.7 Å². The maximum atomic E-state index is 14.0. The molecule has 0 saturated carbocycles. The van der Waals surface area contributed by atoms with Gasteiger partial charge in [-0.25, -0.2) is 19.6 Å². The minimum atomic E-state index is -0.848. The Bertz CT molecular complexity index is 2340. The van der Waals surface area contributed by atoms with Crippen molar-refractivity contribution in [2.45, 2.75) is 78.2 Å². The third kappa shape index (κ3) is 8.78. The number of hydrogen-bond acceptors (Lipinski definition) is 8. The molecule has 0 unspecified atom stereocenters. The standard InChI is InChI=1S/C44H51N9O6/c1-6-17-52(42(55)40(51-43(56)45-4)27-11-9-8-10-12-27)23-38-48-34-16-14-28-19-33-31-15-13-29(18-30(31)25-59-36(33)20-32(28)41(34)50-38)35-21-46-37(49-35)24-53(26(3)7-2)39(54)22-47-44(57)58-5/h8-13,15,18-21,26,40H,6-7,14,16-17,22-25H2,1-5H3,(H,46,49)(H,47,57)(H,48,50)(H2,45,51,56)/t26-,40+/m0/s1. The van der Waals surface area contributed by atoms with Gasteiger partial charge in [0, 0.05) is 30.8 Å². The zero-order valence-electron chi connectivity index (χ0n) is 34.1. The fraction of sp³-hybridized carbons (Fsp3) is 0.364. The molecule has 2 aromatic heterocycles. The number of aryl methyl sites for hydroxylation is 2. The van der Waals surface area contributed by atoms with Crippen LogP contribution in [0, 0.1) is 0 Å². The largest absolute Gasteiger partial charge is 0.488 e. The number of rotatable bonds is 14. The molecule has 5 N–H and O–H groups in total. The first-order valence-corrected chi connectivity index (χ1v) is 20.1. The van der Waals surface area contributed by atoms with Gasteiger partial charge in [0.1, 0.15) is 36.6 Å². The molecule has 15 nitrogen and oxygen atoms in total. The third-order valence-corrected chi connectivity index (χ3v) is 11.0. The fourth-order valence-corrected chi connectivity index (χ4v) is 7.71. The van der Waals surface area contributed by atoms with Crippen LogP contribution in [0.1, 0.15) is 73.7 Å². The fourth-order valence-electron chi connectivity index (χ4n) is 7.71. The van der Waals surface area contributed by atoms with Crippen LogP contribution in [-0.4, -0.2) is 87.0 Å². The topological polar surface area (TPSA) is 187 Å². The van der Waals surface area contributed by atoms with Gasteiger partial charge >= 0.3 is 12.1 Å². The van der Waals surface area contributed by atoms with Gasteiger partial charge in [-0.3, -0.25) is 9.59 Å². The molecule has 3 heterocycles. The summed E-state index contributed by atoms with van der Waals surface area (Å²) in [6.45, 7) is 7.25. The van der Waals surface area contributed by atoms with Crippen LogP contribution >= 0.6 is 0 Å². The van der Waals surface area contributed by atoms with Gasteiger partial charge in [-0.15, -0.1) is 0 Å². The number of carbonyl (C=O) groups excluding carboxylic acids is 4. The molecule has 0 bridgehead atoms. The number of alkyl carbamates (subject to hydrolysis) is 1. The summed E-state index contributed by atoms with van der Waals surface area (Å²) in [5.41, 5.74) is 9.78. The summed E-state index contributed by atoms with van der Waals surface area (Å²) in [6.07, 6.45) is 4.16. The van der Waals surface area contributed by atoms with Gasteiger partial charge in [0.25, 0.3) is 0 Å². The maximum Gasteiger partial charge on any atom is 0.407 e. The van der Waals surface area contributed by atoms with Gasteiger partial charge in [-0.05, 0) is 78.6 Å². The summed E-state index contributed by atoms with van der Waals surface area (Å²) in [7, 11) is 2.79. The Kier molecular flexibility index (Phi) is 12.3. The minimum absolute atomic E-state index is 0.0609. The molecular formula is C44H51N9O6. The molecule has 0 spiro atoms. The van der Waals surface area contributed by atoms with Crippen LogP contribution < -0.4 is 20.7 Å². The summed E-state index contributed by atoms with van der Waals surface area (Å²) in [5, 5.41) is 7.86. The SMILES string of the molecule is CCCN(Cc1nc2c([nH]1)-c1cc3c(cc1CC2)-c1ccc(-c2cnc(CN(C(=O)CNC(=O)OC)[C@@H](C)CC)[nH]2)cc1CO3)C(=O)[C@H](NC(=O)NC)c1ccccc1. The number of fused-ring (bicyclic) bond motifs is 6. The number of nitrogens with one attached hydrogen (secondary N) is 5. The van der Waals surface area contributed by atoms with Crippen molar-refractivity contribution >= 4 is 23.9 Å². The van der Waals surface area contributed by atoms with Crippen LogP contribution in [0.3, 0.4) is 0 Å². The summed E-state index contributed by atoms with van der Waals surface area (Å²) >= 11 is 0. The lowest BCUT2D eigenvalue weighted by Crippen LogP contribution is -2.45. The average molecular weight is 802 g/mol. The Morgan fingerprint density at radius 1 is 0.932 bits per heavy atom. The normalized spacial score (nSPS) is 13.3. The van der Waals surface area contributed by atoms with Crippen LogP contribution in [0.15, 0.2) is 66.9 Å². The molecule has 3 aromatic carbocycles. The van der Waals surface area contributed by atoms with Gasteiger partial charge in [0.2, 0.25) is 11.8 Å². The molecule has 2 atom stereocenters. The van der Waals surface area contributed by atoms with Crippen LogP contribution in [-0.2, 0) is 46.9 Å². The minimum Gasteiger partial charge on any atom is -0.488 e. The lowest BCUT2D eigenvalue weighted by Gasteiger charge is -2.28. The molecular weight excluding hydrogens is 751 g/mol. The van der Waals surface area contributed by atoms with E-state index in [9.17, 15) is 19.2 Å². The molecule has 59 heavy (non-hydrogen) atoms. The number of benzene rings is 3. The Balaban J connectivity index is 1.09. The summed E-state index contributed by atoms with van der Waals surface area (Å²) < 4.78 is 11.0. The third-order valence-electron chi connectivity index (χ3n) is 11.0. The second-order valence-corrected chi connectivity index (χ2v) is 14.9. The number of nitrogens with zero attached hydrogens (tertiary/aromatic N) is 4. The van der Waals surface area contributed by atoms with Crippen molar-refractivity contribution in [3.63, 3.8) is 0 Å². The highest BCUT2D eigenvalue weighted by molar-refractivity contribution is 5.88. The number of hydrogen-bond donors (Lipinski definition) is 5. The first-order valence-electron chi connectivity index (χ1n) is 20.1. The quantitative estimate of drug-likeness (QED) is 0.0903.